The van der Waals surface area contributed by atoms with Crippen LogP contribution in [-0.2, 0) is 0 Å². The van der Waals surface area contributed by atoms with E-state index in [2.05, 4.69) is 16.8 Å². The molecule has 1 fully saturated rings. The van der Waals surface area contributed by atoms with E-state index in [-0.39, 0.29) is 12.1 Å². The number of pyridine rings is 1. The number of aliphatic imine (C=N–C) groups is 1. The molecule has 0 bridgehead atoms. The van der Waals surface area contributed by atoms with Crippen molar-refractivity contribution in [2.24, 2.45) is 4.99 Å². The number of rotatable bonds is 5. The lowest BCUT2D eigenvalue weighted by Gasteiger charge is -2.32. The first-order chi connectivity index (χ1) is 13.2. The fourth-order valence-corrected chi connectivity index (χ4v) is 5.39. The van der Waals surface area contributed by atoms with Gasteiger partial charge in [-0.25, -0.2) is 0 Å². The van der Waals surface area contributed by atoms with Crippen LogP contribution in [0.15, 0.2) is 41.5 Å². The maximum absolute atomic E-state index is 6.71. The molecule has 4 rings (SSSR count). The molecule has 2 aromatic rings. The van der Waals surface area contributed by atoms with Crippen molar-refractivity contribution in [3.8, 4) is 11.5 Å². The smallest absolute Gasteiger partial charge is 0.162 e. The van der Waals surface area contributed by atoms with Crippen molar-refractivity contribution < 1.29 is 9.47 Å². The van der Waals surface area contributed by atoms with E-state index >= 15 is 0 Å². The first kappa shape index (κ1) is 18.4. The van der Waals surface area contributed by atoms with Crippen LogP contribution in [0, 0.1) is 0 Å². The van der Waals surface area contributed by atoms with Crippen LogP contribution in [0.2, 0.25) is 5.02 Å². The lowest BCUT2D eigenvalue weighted by molar-refractivity contribution is 0.254. The van der Waals surface area contributed by atoms with Crippen molar-refractivity contribution >= 4 is 28.5 Å². The van der Waals surface area contributed by atoms with Crippen LogP contribution in [-0.4, -0.2) is 41.1 Å². The number of nitrogens with zero attached hydrogens (tertiary/aromatic N) is 3. The molecular formula is C20H22ClN3O2S. The van der Waals surface area contributed by atoms with Crippen LogP contribution in [0.25, 0.3) is 0 Å². The van der Waals surface area contributed by atoms with E-state index < -0.39 is 0 Å². The predicted octanol–water partition coefficient (Wildman–Crippen LogP) is 4.73. The van der Waals surface area contributed by atoms with E-state index in [9.17, 15) is 0 Å². The number of benzene rings is 1. The molecule has 0 radical (unpaired) electrons. The Morgan fingerprint density at radius 1 is 1.22 bits per heavy atom. The molecule has 2 aliphatic rings. The number of methoxy groups -OCH3 is 2. The SMILES string of the molecule is CCC1CSC2=NC(c3ccccn3)C(c3cc(OC)c(OC)cc3Cl)N21. The maximum Gasteiger partial charge on any atom is 0.162 e. The van der Waals surface area contributed by atoms with Crippen molar-refractivity contribution in [3.63, 3.8) is 0 Å². The Labute approximate surface area is 168 Å². The molecule has 2 aliphatic heterocycles. The molecule has 1 saturated heterocycles. The average Bonchev–Trinajstić information content (AvgIpc) is 3.27. The molecule has 0 saturated carbocycles. The summed E-state index contributed by atoms with van der Waals surface area (Å²) in [5.41, 5.74) is 1.94. The Bertz CT molecular complexity index is 862. The molecule has 5 nitrogen and oxygen atoms in total. The van der Waals surface area contributed by atoms with E-state index in [0.717, 1.165) is 28.6 Å². The van der Waals surface area contributed by atoms with E-state index in [1.807, 2.05) is 48.3 Å². The zero-order valence-electron chi connectivity index (χ0n) is 15.6. The van der Waals surface area contributed by atoms with E-state index in [0.29, 0.717) is 22.6 Å². The molecule has 27 heavy (non-hydrogen) atoms. The molecule has 7 heteroatoms. The van der Waals surface area contributed by atoms with Gasteiger partial charge in [0, 0.05) is 29.1 Å². The van der Waals surface area contributed by atoms with Crippen LogP contribution < -0.4 is 9.47 Å². The van der Waals surface area contributed by atoms with Gasteiger partial charge in [0.25, 0.3) is 0 Å². The molecule has 0 amide bonds. The number of hydrogen-bond donors (Lipinski definition) is 0. The third kappa shape index (κ3) is 3.15. The molecule has 0 aliphatic carbocycles. The number of fused-ring (bicyclic) bond motifs is 1. The first-order valence-corrected chi connectivity index (χ1v) is 10.4. The van der Waals surface area contributed by atoms with Gasteiger partial charge in [0.2, 0.25) is 0 Å². The fraction of sp³-hybridized carbons (Fsp3) is 0.400. The highest BCUT2D eigenvalue weighted by molar-refractivity contribution is 8.14. The van der Waals surface area contributed by atoms with Gasteiger partial charge in [0.05, 0.1) is 26.0 Å². The molecule has 3 atom stereocenters. The summed E-state index contributed by atoms with van der Waals surface area (Å²) in [5, 5.41) is 1.73. The minimum Gasteiger partial charge on any atom is -0.493 e. The monoisotopic (exact) mass is 403 g/mol. The third-order valence-electron chi connectivity index (χ3n) is 5.15. The van der Waals surface area contributed by atoms with Crippen molar-refractivity contribution in [3.05, 3.63) is 52.8 Å². The predicted molar refractivity (Wildman–Crippen MR) is 110 cm³/mol. The topological polar surface area (TPSA) is 47.0 Å². The molecule has 1 aromatic heterocycles. The molecule has 1 aromatic carbocycles. The second-order valence-electron chi connectivity index (χ2n) is 6.57. The summed E-state index contributed by atoms with van der Waals surface area (Å²) in [5.74, 6) is 2.35. The fourth-order valence-electron chi connectivity index (χ4n) is 3.78. The summed E-state index contributed by atoms with van der Waals surface area (Å²) in [6.07, 6.45) is 2.87. The van der Waals surface area contributed by atoms with Gasteiger partial charge in [-0.2, -0.15) is 0 Å². The number of aromatic nitrogens is 1. The van der Waals surface area contributed by atoms with Gasteiger partial charge in [-0.1, -0.05) is 36.4 Å². The third-order valence-corrected chi connectivity index (χ3v) is 6.60. The lowest BCUT2D eigenvalue weighted by Crippen LogP contribution is -2.35. The van der Waals surface area contributed by atoms with Gasteiger partial charge in [-0.15, -0.1) is 0 Å². The highest BCUT2D eigenvalue weighted by atomic mass is 35.5. The number of thioether (sulfide) groups is 1. The van der Waals surface area contributed by atoms with Crippen molar-refractivity contribution in [1.29, 1.82) is 0 Å². The molecule has 3 heterocycles. The zero-order chi connectivity index (χ0) is 19.0. The number of halogens is 1. The molecule has 3 unspecified atom stereocenters. The summed E-state index contributed by atoms with van der Waals surface area (Å²) < 4.78 is 10.9. The second-order valence-corrected chi connectivity index (χ2v) is 7.96. The average molecular weight is 404 g/mol. The van der Waals surface area contributed by atoms with Crippen LogP contribution >= 0.6 is 23.4 Å². The summed E-state index contributed by atoms with van der Waals surface area (Å²) in [4.78, 5) is 12.0. The quantitative estimate of drug-likeness (QED) is 0.722. The molecule has 0 N–H and O–H groups in total. The summed E-state index contributed by atoms with van der Waals surface area (Å²) in [6, 6.07) is 10.1. The highest BCUT2D eigenvalue weighted by Crippen LogP contribution is 2.51. The van der Waals surface area contributed by atoms with Crippen molar-refractivity contribution in [1.82, 2.24) is 9.88 Å². The summed E-state index contributed by atoms with van der Waals surface area (Å²) >= 11 is 8.53. The minimum absolute atomic E-state index is 0.0119. The van der Waals surface area contributed by atoms with Gasteiger partial charge < -0.3 is 14.4 Å². The number of amidine groups is 1. The van der Waals surface area contributed by atoms with Crippen molar-refractivity contribution in [2.45, 2.75) is 31.5 Å². The van der Waals surface area contributed by atoms with Crippen LogP contribution in [0.1, 0.15) is 36.7 Å². The zero-order valence-corrected chi connectivity index (χ0v) is 17.1. The van der Waals surface area contributed by atoms with Gasteiger partial charge in [-0.3, -0.25) is 9.98 Å². The molecular weight excluding hydrogens is 382 g/mol. The normalized spacial score (nSPS) is 23.9. The van der Waals surface area contributed by atoms with Crippen molar-refractivity contribution in [2.75, 3.05) is 20.0 Å². The molecule has 0 spiro atoms. The van der Waals surface area contributed by atoms with Crippen LogP contribution in [0.3, 0.4) is 0 Å². The van der Waals surface area contributed by atoms with Crippen LogP contribution in [0.5, 0.6) is 11.5 Å². The largest absolute Gasteiger partial charge is 0.493 e. The van der Waals surface area contributed by atoms with Gasteiger partial charge in [0.15, 0.2) is 16.7 Å². The van der Waals surface area contributed by atoms with Gasteiger partial charge in [-0.05, 0) is 30.2 Å². The second kappa shape index (κ2) is 7.60. The standard InChI is InChI=1S/C20H22ClN3O2S/c1-4-12-11-27-20-23-18(15-7-5-6-8-22-15)19(24(12)20)13-9-16(25-2)17(26-3)10-14(13)21/h5-10,12,18-19H,4,11H2,1-3H3. The Morgan fingerprint density at radius 2 is 2.00 bits per heavy atom. The van der Waals surface area contributed by atoms with Gasteiger partial charge in [0.1, 0.15) is 6.04 Å². The Balaban J connectivity index is 1.84. The first-order valence-electron chi connectivity index (χ1n) is 8.99. The Morgan fingerprint density at radius 3 is 2.67 bits per heavy atom. The summed E-state index contributed by atoms with van der Waals surface area (Å²) in [7, 11) is 3.26. The van der Waals surface area contributed by atoms with E-state index in [1.54, 1.807) is 14.2 Å². The maximum atomic E-state index is 6.71. The minimum atomic E-state index is -0.0985. The highest BCUT2D eigenvalue weighted by Gasteiger charge is 2.46. The molecule has 142 valence electrons. The Kier molecular flexibility index (Phi) is 5.19. The number of ether oxygens (including phenoxy) is 2. The van der Waals surface area contributed by atoms with Crippen LogP contribution in [0.4, 0.5) is 0 Å². The van der Waals surface area contributed by atoms with Gasteiger partial charge >= 0.3 is 0 Å². The number of hydrogen-bond acceptors (Lipinski definition) is 6. The van der Waals surface area contributed by atoms with E-state index in [1.165, 1.54) is 0 Å². The summed E-state index contributed by atoms with van der Waals surface area (Å²) in [6.45, 7) is 2.22. The Hall–Kier alpha value is -1.92. The lowest BCUT2D eigenvalue weighted by atomic mass is 9.94. The van der Waals surface area contributed by atoms with E-state index in [4.69, 9.17) is 26.1 Å².